The fourth-order valence-electron chi connectivity index (χ4n) is 12.3. The first-order chi connectivity index (χ1) is 48.1. The number of phenols is 3. The number of ether oxygens (including phenoxy) is 6. The van der Waals surface area contributed by atoms with Crippen LogP contribution in [0.15, 0.2) is 78.9 Å². The number of rotatable bonds is 15. The highest BCUT2D eigenvalue weighted by molar-refractivity contribution is 6.32. The van der Waals surface area contributed by atoms with Gasteiger partial charge in [0, 0.05) is 34.7 Å². The topological polar surface area (TPSA) is 530 Å². The highest BCUT2D eigenvalue weighted by Gasteiger charge is 2.51. The highest BCUT2D eigenvalue weighted by atomic mass is 35.5. The lowest BCUT2D eigenvalue weighted by atomic mass is 9.86. The molecule has 5 aromatic carbocycles. The minimum absolute atomic E-state index is 0.0155. The van der Waals surface area contributed by atoms with Gasteiger partial charge in [0.1, 0.15) is 83.4 Å². The fourth-order valence-corrected chi connectivity index (χ4v) is 12.8. The van der Waals surface area contributed by atoms with Gasteiger partial charge in [-0.1, -0.05) is 55.2 Å². The van der Waals surface area contributed by atoms with Crippen LogP contribution in [-0.4, -0.2) is 191 Å². The van der Waals surface area contributed by atoms with E-state index in [1.165, 1.54) is 52.1 Å². The van der Waals surface area contributed by atoms with E-state index in [4.69, 9.17) is 63.1 Å². The molecule has 9 bridgehead atoms. The van der Waals surface area contributed by atoms with Gasteiger partial charge in [0.25, 0.3) is 0 Å². The number of phenolic OH excluding ortho intramolecular Hbond substituents is 3. The van der Waals surface area contributed by atoms with Crippen molar-refractivity contribution >= 4 is 71.0 Å². The number of carbonyl (C=O) groups is 8. The van der Waals surface area contributed by atoms with Crippen LogP contribution < -0.4 is 62.9 Å². The predicted molar refractivity (Wildman–Crippen MR) is 356 cm³/mol. The Morgan fingerprint density at radius 1 is 0.745 bits per heavy atom. The molecule has 7 amide bonds. The Labute approximate surface area is 591 Å². The molecule has 2 fully saturated rings. The number of halogens is 2. The molecule has 2 saturated heterocycles. The minimum Gasteiger partial charge on any atom is -0.508 e. The lowest BCUT2D eigenvalue weighted by molar-refractivity contribution is -0.333. The van der Waals surface area contributed by atoms with Crippen LogP contribution in [0.5, 0.6) is 46.0 Å². The van der Waals surface area contributed by atoms with E-state index in [1.54, 1.807) is 0 Å². The van der Waals surface area contributed by atoms with Crippen molar-refractivity contribution in [1.82, 2.24) is 37.2 Å². The highest BCUT2D eigenvalue weighted by Crippen LogP contribution is 2.50. The Hall–Kier alpha value is -9.20. The molecular formula is C67H79Cl2N9O24. The van der Waals surface area contributed by atoms with Crippen molar-refractivity contribution < 1.29 is 118 Å². The van der Waals surface area contributed by atoms with E-state index in [0.29, 0.717) is 0 Å². The van der Waals surface area contributed by atoms with Crippen LogP contribution in [0.4, 0.5) is 0 Å². The molecule has 6 unspecified atom stereocenters. The Bertz CT molecular complexity index is 4020. The number of aliphatic carboxylic acids is 1. The van der Waals surface area contributed by atoms with Crippen LogP contribution in [-0.2, 0) is 52.6 Å². The van der Waals surface area contributed by atoms with Crippen molar-refractivity contribution in [2.75, 3.05) is 13.7 Å². The Kier molecular flexibility index (Phi) is 24.1. The SMILES string of the molecule is CN[C@H](CC(C)C)C(=O)N[C@H]1C(=O)N[C@@H](CC(N)=O)C(=O)NC2C(=O)N[C@@H](C)c3ccc(O)c(c3)-c3c(O)cc(O)cc3[C@@H](C(=O)O)NC(=O)C(NC=O)C(O)c3ccc(c(Cl)c3)Oc3cc2cc(c3OC2O[C@H](CO)[C@@H](O)[C@H](O)C2OC2C[C@](C)(N)[C@H](O)[C@H](C)O2)Oc2ccc(cc2Cl)[C@H]1O. The van der Waals surface area contributed by atoms with E-state index < -0.39 is 220 Å². The zero-order valence-electron chi connectivity index (χ0n) is 55.4. The first kappa shape index (κ1) is 77.0. The molecule has 33 nitrogen and oxygen atoms in total. The second-order valence-corrected chi connectivity index (χ2v) is 26.6. The molecule has 0 radical (unpaired) electrons. The maximum absolute atomic E-state index is 15.7. The number of hydrogen-bond donors (Lipinski definition) is 19. The number of nitrogens with two attached hydrogens (primary N) is 2. The largest absolute Gasteiger partial charge is 0.508 e. The summed E-state index contributed by atoms with van der Waals surface area (Å²) >= 11 is 14.1. The smallest absolute Gasteiger partial charge is 0.330 e. The van der Waals surface area contributed by atoms with E-state index in [2.05, 4.69) is 37.2 Å². The van der Waals surface area contributed by atoms with E-state index in [1.807, 2.05) is 13.8 Å². The van der Waals surface area contributed by atoms with Crippen molar-refractivity contribution in [2.24, 2.45) is 17.4 Å². The average molecular weight is 1470 g/mol. The van der Waals surface area contributed by atoms with Gasteiger partial charge in [-0.15, -0.1) is 0 Å². The van der Waals surface area contributed by atoms with Gasteiger partial charge in [-0.25, -0.2) is 4.79 Å². The first-order valence-corrected chi connectivity index (χ1v) is 32.7. The Balaban J connectivity index is 1.32. The van der Waals surface area contributed by atoms with Crippen molar-refractivity contribution in [3.05, 3.63) is 117 Å². The molecule has 21 N–H and O–H groups in total. The van der Waals surface area contributed by atoms with Gasteiger partial charge in [0.15, 0.2) is 29.9 Å². The number of amides is 7. The van der Waals surface area contributed by atoms with Gasteiger partial charge in [-0.3, -0.25) is 33.6 Å². The first-order valence-electron chi connectivity index (χ1n) is 32.0. The third-order valence-corrected chi connectivity index (χ3v) is 18.3. The van der Waals surface area contributed by atoms with Gasteiger partial charge >= 0.3 is 5.97 Å². The maximum Gasteiger partial charge on any atom is 0.330 e. The van der Waals surface area contributed by atoms with Crippen molar-refractivity contribution in [3.63, 3.8) is 0 Å². The van der Waals surface area contributed by atoms with Gasteiger partial charge in [-0.05, 0) is 117 Å². The molecule has 18 atom stereocenters. The van der Waals surface area contributed by atoms with Crippen LogP contribution in [0.1, 0.15) is 112 Å². The lowest BCUT2D eigenvalue weighted by Crippen LogP contribution is -2.64. The monoisotopic (exact) mass is 1460 g/mol. The van der Waals surface area contributed by atoms with Crippen molar-refractivity contribution in [1.29, 1.82) is 0 Å². The number of hydrogen-bond acceptors (Lipinski definition) is 25. The molecule has 0 spiro atoms. The number of primary amides is 1. The number of carbonyl (C=O) groups excluding carboxylic acids is 7. The number of benzene rings is 5. The number of likely N-dealkylation sites (N-methyl/N-ethyl adjacent to an activating group) is 1. The molecule has 6 aliphatic rings. The van der Waals surface area contributed by atoms with Crippen molar-refractivity contribution in [3.8, 4) is 57.1 Å². The molecular weight excluding hydrogens is 1390 g/mol. The van der Waals surface area contributed by atoms with Gasteiger partial charge in [0.2, 0.25) is 53.9 Å². The van der Waals surface area contributed by atoms with E-state index in [0.717, 1.165) is 54.6 Å². The fraction of sp³-hybridized carbons (Fsp3) is 0.433. The second kappa shape index (κ2) is 32.0. The molecule has 0 aliphatic carbocycles. The zero-order chi connectivity index (χ0) is 74.7. The summed E-state index contributed by atoms with van der Waals surface area (Å²) in [5.41, 5.74) is 8.63. The molecule has 0 saturated carbocycles. The number of fused-ring (bicyclic) bond motifs is 16. The molecule has 102 heavy (non-hydrogen) atoms. The van der Waals surface area contributed by atoms with E-state index in [-0.39, 0.29) is 63.8 Å². The average Bonchev–Trinajstić information content (AvgIpc) is 0.771. The standard InChI is InChI=1S/C67H79Cl2N9O24/c1-25(2)13-37(72-6)60(90)78-52-54(86)30-9-12-42(36(69)16-30)99-44-18-31-17-43(57(44)102-66-58(56(88)55(87)45(23-79)100-66)101-47-22-67(5,71)59(89)27(4)97-47)98-41-11-8-29(15-35(41)68)53(85)51(73-24-80)63(93)77-50(65(95)96)34-19-32(81)20-40(83)48(34)33-14-28(7-10-39(33)82)26(3)74-62(92)49(31)76-61(91)38(21-46(70)84)75-64(52)94/h7-12,14-20,24-27,37-38,45,47,49-56,58-59,66,72,79,81-83,85-89H,13,21-23,71H2,1-6H3,(H2,70,84)(H,73,80)(H,74,92)(H,75,94)(H,76,91)(H,77,93)(H,78,90)(H,95,96)/t26-,27-,37+,38-,45+,47?,49?,50-,51?,52+,53?,54+,55+,56-,58?,59+,66?,67-/m0/s1. The number of nitrogens with one attached hydrogen (secondary N) is 7. The summed E-state index contributed by atoms with van der Waals surface area (Å²) in [7, 11) is 1.49. The lowest BCUT2D eigenvalue weighted by Gasteiger charge is -2.47. The summed E-state index contributed by atoms with van der Waals surface area (Å²) in [6.45, 7) is 7.08. The molecule has 11 rings (SSSR count). The number of aromatic hydroxyl groups is 3. The van der Waals surface area contributed by atoms with Crippen molar-refractivity contribution in [2.45, 2.75) is 163 Å². The quantitative estimate of drug-likeness (QED) is 0.0643. The van der Waals surface area contributed by atoms with Crippen LogP contribution in [0.3, 0.4) is 0 Å². The van der Waals surface area contributed by atoms with E-state index in [9.17, 15) is 79.8 Å². The van der Waals surface area contributed by atoms with Crippen LogP contribution >= 0.6 is 23.2 Å². The molecule has 550 valence electrons. The third kappa shape index (κ3) is 17.0. The summed E-state index contributed by atoms with van der Waals surface area (Å²) in [6, 6.07) is 1.33. The summed E-state index contributed by atoms with van der Waals surface area (Å²) in [6.07, 6.45) is -18.3. The Morgan fingerprint density at radius 2 is 1.35 bits per heavy atom. The second-order valence-electron chi connectivity index (χ2n) is 25.8. The summed E-state index contributed by atoms with van der Waals surface area (Å²) in [5.74, 6) is -13.9. The molecule has 6 heterocycles. The Morgan fingerprint density at radius 3 is 1.91 bits per heavy atom. The van der Waals surface area contributed by atoms with Gasteiger partial charge in [0.05, 0.1) is 47.4 Å². The number of carboxylic acid groups (broad SMARTS) is 1. The minimum atomic E-state index is -2.27. The molecule has 5 aromatic rings. The van der Waals surface area contributed by atoms with Gasteiger partial charge < -0.3 is 128 Å². The number of carboxylic acids is 1. The number of aliphatic hydroxyl groups is 6. The predicted octanol–water partition coefficient (Wildman–Crippen LogP) is 0.742. The summed E-state index contributed by atoms with van der Waals surface area (Å²) in [5, 5.41) is 130. The zero-order valence-corrected chi connectivity index (χ0v) is 56.9. The molecule has 6 aliphatic heterocycles. The normalized spacial score (nSPS) is 28.8. The van der Waals surface area contributed by atoms with Crippen LogP contribution in [0.2, 0.25) is 10.0 Å². The summed E-state index contributed by atoms with van der Waals surface area (Å²) < 4.78 is 38.4. The molecule has 0 aromatic heterocycles. The third-order valence-electron chi connectivity index (χ3n) is 17.7. The van der Waals surface area contributed by atoms with E-state index >= 15 is 9.59 Å². The summed E-state index contributed by atoms with van der Waals surface area (Å²) in [4.78, 5) is 113. The maximum atomic E-state index is 15.7. The van der Waals surface area contributed by atoms with Gasteiger partial charge in [-0.2, -0.15) is 0 Å². The number of aliphatic hydroxyl groups excluding tert-OH is 6. The van der Waals surface area contributed by atoms with Crippen LogP contribution in [0, 0.1) is 5.92 Å². The molecule has 35 heteroatoms. The van der Waals surface area contributed by atoms with Crippen LogP contribution in [0.25, 0.3) is 11.1 Å².